The summed E-state index contributed by atoms with van der Waals surface area (Å²) in [4.78, 5) is 5.20. The van der Waals surface area contributed by atoms with Gasteiger partial charge >= 0.3 is 0 Å². The third-order valence-corrected chi connectivity index (χ3v) is 4.37. The highest BCUT2D eigenvalue weighted by Crippen LogP contribution is 2.20. The van der Waals surface area contributed by atoms with Crippen molar-refractivity contribution in [2.24, 2.45) is 0 Å². The molecule has 0 atom stereocenters. The summed E-state index contributed by atoms with van der Waals surface area (Å²) in [6.45, 7) is 12.6. The van der Waals surface area contributed by atoms with Crippen LogP contribution in [0.1, 0.15) is 43.2 Å². The molecule has 0 bridgehead atoms. The van der Waals surface area contributed by atoms with E-state index in [0.717, 1.165) is 31.9 Å². The minimum absolute atomic E-state index is 0.166. The summed E-state index contributed by atoms with van der Waals surface area (Å²) in [5.74, 6) is 1.03. The second-order valence-corrected chi connectivity index (χ2v) is 7.61. The first-order valence-corrected chi connectivity index (χ1v) is 8.35. The lowest BCUT2D eigenvalue weighted by Crippen LogP contribution is -2.34. The van der Waals surface area contributed by atoms with E-state index in [2.05, 4.69) is 50.0 Å². The van der Waals surface area contributed by atoms with Crippen LogP contribution >= 0.6 is 11.3 Å². The maximum atomic E-state index is 5.44. The maximum Gasteiger partial charge on any atom is 0.117 e. The van der Waals surface area contributed by atoms with E-state index in [4.69, 9.17) is 4.42 Å². The monoisotopic (exact) mass is 306 g/mol. The van der Waals surface area contributed by atoms with E-state index in [-0.39, 0.29) is 5.54 Å². The van der Waals surface area contributed by atoms with Crippen molar-refractivity contribution < 1.29 is 4.42 Å². The lowest BCUT2D eigenvalue weighted by atomic mass is 10.1. The van der Waals surface area contributed by atoms with Gasteiger partial charge in [-0.1, -0.05) is 6.92 Å². The molecule has 2 rings (SSSR count). The average molecular weight is 306 g/mol. The Hall–Kier alpha value is -1.10. The van der Waals surface area contributed by atoms with Crippen molar-refractivity contribution in [3.05, 3.63) is 46.0 Å². The molecule has 0 radical (unpaired) electrons. The molecule has 116 valence electrons. The van der Waals surface area contributed by atoms with E-state index >= 15 is 0 Å². The van der Waals surface area contributed by atoms with Crippen LogP contribution in [-0.4, -0.2) is 17.0 Å². The van der Waals surface area contributed by atoms with Crippen LogP contribution in [0.3, 0.4) is 0 Å². The molecule has 0 spiro atoms. The number of furan rings is 1. The molecular formula is C17H26N2OS. The van der Waals surface area contributed by atoms with Crippen molar-refractivity contribution in [3.8, 4) is 0 Å². The Balaban J connectivity index is 1.88. The van der Waals surface area contributed by atoms with Crippen LogP contribution in [-0.2, 0) is 19.6 Å². The second-order valence-electron chi connectivity index (χ2n) is 6.35. The molecule has 0 saturated carbocycles. The number of hydrogen-bond acceptors (Lipinski definition) is 4. The summed E-state index contributed by atoms with van der Waals surface area (Å²) in [7, 11) is 0. The van der Waals surface area contributed by atoms with Gasteiger partial charge in [0.1, 0.15) is 5.76 Å². The standard InChI is InChI=1S/C17H26N2OS/c1-5-19(12-14-7-6-10-20-14)13-16-9-8-15(21-16)11-18-17(2,3)4/h6-10,18H,5,11-13H2,1-4H3. The summed E-state index contributed by atoms with van der Waals surface area (Å²) in [5.41, 5.74) is 0.166. The van der Waals surface area contributed by atoms with Crippen LogP contribution in [0.4, 0.5) is 0 Å². The zero-order valence-corrected chi connectivity index (χ0v) is 14.3. The summed E-state index contributed by atoms with van der Waals surface area (Å²) < 4.78 is 5.44. The highest BCUT2D eigenvalue weighted by Gasteiger charge is 2.11. The lowest BCUT2D eigenvalue weighted by molar-refractivity contribution is 0.250. The topological polar surface area (TPSA) is 28.4 Å². The zero-order valence-electron chi connectivity index (χ0n) is 13.5. The Bertz CT molecular complexity index is 525. The lowest BCUT2D eigenvalue weighted by Gasteiger charge is -2.20. The van der Waals surface area contributed by atoms with Crippen molar-refractivity contribution in [3.63, 3.8) is 0 Å². The summed E-state index contributed by atoms with van der Waals surface area (Å²) in [6, 6.07) is 8.47. The summed E-state index contributed by atoms with van der Waals surface area (Å²) in [6.07, 6.45) is 1.74. The number of thiophene rings is 1. The van der Waals surface area contributed by atoms with Crippen LogP contribution in [0.5, 0.6) is 0 Å². The van der Waals surface area contributed by atoms with Gasteiger partial charge in [0.2, 0.25) is 0 Å². The van der Waals surface area contributed by atoms with Gasteiger partial charge in [0.25, 0.3) is 0 Å². The minimum Gasteiger partial charge on any atom is -0.468 e. The molecule has 0 amide bonds. The number of nitrogens with one attached hydrogen (secondary N) is 1. The zero-order chi connectivity index (χ0) is 15.3. The Kier molecular flexibility index (Phi) is 5.62. The summed E-state index contributed by atoms with van der Waals surface area (Å²) in [5, 5.41) is 3.54. The van der Waals surface area contributed by atoms with E-state index < -0.39 is 0 Å². The predicted molar refractivity (Wildman–Crippen MR) is 89.4 cm³/mol. The van der Waals surface area contributed by atoms with Gasteiger partial charge in [-0.2, -0.15) is 0 Å². The van der Waals surface area contributed by atoms with E-state index in [1.165, 1.54) is 9.75 Å². The van der Waals surface area contributed by atoms with Gasteiger partial charge in [0.15, 0.2) is 0 Å². The molecule has 2 aromatic rings. The molecule has 3 nitrogen and oxygen atoms in total. The van der Waals surface area contributed by atoms with Crippen molar-refractivity contribution in [2.45, 2.75) is 52.9 Å². The molecule has 0 aliphatic carbocycles. The minimum atomic E-state index is 0.166. The molecule has 0 aromatic carbocycles. The van der Waals surface area contributed by atoms with Crippen LogP contribution in [0.25, 0.3) is 0 Å². The fourth-order valence-corrected chi connectivity index (χ4v) is 3.08. The Labute approximate surface area is 132 Å². The first kappa shape index (κ1) is 16.3. The van der Waals surface area contributed by atoms with Gasteiger partial charge in [-0.3, -0.25) is 4.90 Å². The third kappa shape index (κ3) is 5.65. The highest BCUT2D eigenvalue weighted by molar-refractivity contribution is 7.11. The van der Waals surface area contributed by atoms with E-state index in [9.17, 15) is 0 Å². The molecule has 0 saturated heterocycles. The Morgan fingerprint density at radius 2 is 1.90 bits per heavy atom. The summed E-state index contributed by atoms with van der Waals surface area (Å²) >= 11 is 1.90. The molecular weight excluding hydrogens is 280 g/mol. The van der Waals surface area contributed by atoms with Gasteiger partial charge in [-0.15, -0.1) is 11.3 Å². The van der Waals surface area contributed by atoms with Gasteiger partial charge in [-0.25, -0.2) is 0 Å². The van der Waals surface area contributed by atoms with Gasteiger partial charge in [-0.05, 0) is 51.6 Å². The van der Waals surface area contributed by atoms with E-state index in [0.29, 0.717) is 0 Å². The predicted octanol–water partition coefficient (Wildman–Crippen LogP) is 4.25. The average Bonchev–Trinajstić information content (AvgIpc) is 3.06. The van der Waals surface area contributed by atoms with Gasteiger partial charge < -0.3 is 9.73 Å². The molecule has 2 aromatic heterocycles. The largest absolute Gasteiger partial charge is 0.468 e. The molecule has 0 fully saturated rings. The molecule has 2 heterocycles. The number of hydrogen-bond donors (Lipinski definition) is 1. The fraction of sp³-hybridized carbons (Fsp3) is 0.529. The first-order valence-electron chi connectivity index (χ1n) is 7.53. The fourth-order valence-electron chi connectivity index (χ4n) is 2.08. The molecule has 0 aliphatic heterocycles. The van der Waals surface area contributed by atoms with Crippen molar-refractivity contribution in [2.75, 3.05) is 6.54 Å². The molecule has 4 heteroatoms. The Morgan fingerprint density at radius 3 is 2.52 bits per heavy atom. The van der Waals surface area contributed by atoms with Crippen LogP contribution in [0, 0.1) is 0 Å². The van der Waals surface area contributed by atoms with Crippen molar-refractivity contribution in [1.29, 1.82) is 0 Å². The molecule has 21 heavy (non-hydrogen) atoms. The highest BCUT2D eigenvalue weighted by atomic mass is 32.1. The van der Waals surface area contributed by atoms with Crippen LogP contribution in [0.2, 0.25) is 0 Å². The van der Waals surface area contributed by atoms with Crippen LogP contribution in [0.15, 0.2) is 34.9 Å². The quantitative estimate of drug-likeness (QED) is 0.829. The first-order chi connectivity index (χ1) is 9.96. The number of rotatable bonds is 7. The maximum absolute atomic E-state index is 5.44. The molecule has 0 unspecified atom stereocenters. The molecule has 1 N–H and O–H groups in total. The molecule has 0 aliphatic rings. The van der Waals surface area contributed by atoms with E-state index in [1.54, 1.807) is 6.26 Å². The van der Waals surface area contributed by atoms with Gasteiger partial charge in [0, 0.05) is 28.4 Å². The normalized spacial score (nSPS) is 12.2. The van der Waals surface area contributed by atoms with E-state index in [1.807, 2.05) is 23.5 Å². The smallest absolute Gasteiger partial charge is 0.117 e. The Morgan fingerprint density at radius 1 is 1.14 bits per heavy atom. The van der Waals surface area contributed by atoms with Crippen molar-refractivity contribution in [1.82, 2.24) is 10.2 Å². The van der Waals surface area contributed by atoms with Crippen molar-refractivity contribution >= 4 is 11.3 Å². The van der Waals surface area contributed by atoms with Crippen LogP contribution < -0.4 is 5.32 Å². The SMILES string of the molecule is CCN(Cc1ccco1)Cc1ccc(CNC(C)(C)C)s1. The third-order valence-electron chi connectivity index (χ3n) is 3.30. The second kappa shape index (κ2) is 7.25. The van der Waals surface area contributed by atoms with Gasteiger partial charge in [0.05, 0.1) is 12.8 Å². The number of nitrogens with zero attached hydrogens (tertiary/aromatic N) is 1.